The Morgan fingerprint density at radius 3 is 2.56 bits per heavy atom. The zero-order valence-electron chi connectivity index (χ0n) is 8.91. The fourth-order valence-corrected chi connectivity index (χ4v) is 1.98. The molecule has 1 heterocycles. The Bertz CT molecular complexity index is 360. The second kappa shape index (κ2) is 4.63. The van der Waals surface area contributed by atoms with Crippen LogP contribution in [-0.2, 0) is 4.79 Å². The molecule has 0 saturated carbocycles. The van der Waals surface area contributed by atoms with Crippen LogP contribution in [0.25, 0.3) is 0 Å². The topological polar surface area (TPSA) is 60.8 Å². The third kappa shape index (κ3) is 2.40. The molecule has 0 aromatic heterocycles. The van der Waals surface area contributed by atoms with E-state index in [9.17, 15) is 9.90 Å². The second-order valence-electron chi connectivity index (χ2n) is 4.18. The first-order valence-electron chi connectivity index (χ1n) is 5.35. The first kappa shape index (κ1) is 11.1. The maximum absolute atomic E-state index is 10.4. The van der Waals surface area contributed by atoms with E-state index < -0.39 is 12.1 Å². The Morgan fingerprint density at radius 2 is 2.00 bits per heavy atom. The van der Waals surface area contributed by atoms with Gasteiger partial charge in [0, 0.05) is 25.6 Å². The molecule has 0 radical (unpaired) electrons. The number of carboxylic acid groups (broad SMARTS) is 1. The highest BCUT2D eigenvalue weighted by Crippen LogP contribution is 2.26. The average Bonchev–Trinajstić information content (AvgIpc) is 2.23. The van der Waals surface area contributed by atoms with Crippen LogP contribution in [0.4, 0.5) is 0 Å². The van der Waals surface area contributed by atoms with Crippen LogP contribution in [0.5, 0.6) is 0 Å². The van der Waals surface area contributed by atoms with Gasteiger partial charge in [-0.3, -0.25) is 4.90 Å². The number of benzene rings is 1. The van der Waals surface area contributed by atoms with E-state index >= 15 is 0 Å². The van der Waals surface area contributed by atoms with E-state index in [-0.39, 0.29) is 6.54 Å². The molecule has 2 rings (SSSR count). The molecule has 4 nitrogen and oxygen atoms in total. The molecule has 0 aliphatic carbocycles. The standard InChI is InChI=1S/C12H15NO3/c14-11(12(15)16)8-13-6-10(7-13)9-4-2-1-3-5-9/h1-5,10-11,14H,6-8H2,(H,15,16). The van der Waals surface area contributed by atoms with E-state index in [1.807, 2.05) is 23.1 Å². The summed E-state index contributed by atoms with van der Waals surface area (Å²) in [6, 6.07) is 10.1. The van der Waals surface area contributed by atoms with Gasteiger partial charge in [-0.05, 0) is 5.56 Å². The van der Waals surface area contributed by atoms with Crippen molar-refractivity contribution in [3.05, 3.63) is 35.9 Å². The molecule has 1 fully saturated rings. The number of hydrogen-bond donors (Lipinski definition) is 2. The molecule has 1 unspecified atom stereocenters. The molecule has 1 atom stereocenters. The van der Waals surface area contributed by atoms with Gasteiger partial charge in [0.05, 0.1) is 0 Å². The number of carbonyl (C=O) groups is 1. The fraction of sp³-hybridized carbons (Fsp3) is 0.417. The highest BCUT2D eigenvalue weighted by atomic mass is 16.4. The van der Waals surface area contributed by atoms with Crippen molar-refractivity contribution in [3.63, 3.8) is 0 Å². The minimum Gasteiger partial charge on any atom is -0.479 e. The van der Waals surface area contributed by atoms with Crippen LogP contribution < -0.4 is 0 Å². The van der Waals surface area contributed by atoms with Crippen molar-refractivity contribution < 1.29 is 15.0 Å². The van der Waals surface area contributed by atoms with Gasteiger partial charge in [-0.1, -0.05) is 30.3 Å². The molecule has 0 spiro atoms. The van der Waals surface area contributed by atoms with Gasteiger partial charge < -0.3 is 10.2 Å². The molecule has 1 saturated heterocycles. The summed E-state index contributed by atoms with van der Waals surface area (Å²) in [7, 11) is 0. The predicted molar refractivity (Wildman–Crippen MR) is 59.3 cm³/mol. The van der Waals surface area contributed by atoms with Gasteiger partial charge in [0.1, 0.15) is 0 Å². The van der Waals surface area contributed by atoms with Crippen LogP contribution in [0.2, 0.25) is 0 Å². The lowest BCUT2D eigenvalue weighted by Gasteiger charge is -2.40. The molecule has 0 bridgehead atoms. The SMILES string of the molecule is O=C(O)C(O)CN1CC(c2ccccc2)C1. The molecular formula is C12H15NO3. The van der Waals surface area contributed by atoms with Crippen molar-refractivity contribution in [3.8, 4) is 0 Å². The number of likely N-dealkylation sites (tertiary alicyclic amines) is 1. The number of carboxylic acids is 1. The van der Waals surface area contributed by atoms with Crippen molar-refractivity contribution in [1.29, 1.82) is 0 Å². The Morgan fingerprint density at radius 1 is 1.38 bits per heavy atom. The molecule has 2 N–H and O–H groups in total. The van der Waals surface area contributed by atoms with Crippen molar-refractivity contribution in [1.82, 2.24) is 4.90 Å². The van der Waals surface area contributed by atoms with Gasteiger partial charge in [0.25, 0.3) is 0 Å². The summed E-state index contributed by atoms with van der Waals surface area (Å²) in [4.78, 5) is 12.4. The van der Waals surface area contributed by atoms with Gasteiger partial charge in [0.2, 0.25) is 0 Å². The Kier molecular flexibility index (Phi) is 3.22. The third-order valence-electron chi connectivity index (χ3n) is 2.94. The highest BCUT2D eigenvalue weighted by Gasteiger charge is 2.30. The number of rotatable bonds is 4. The van der Waals surface area contributed by atoms with Gasteiger partial charge in [0.15, 0.2) is 6.10 Å². The Labute approximate surface area is 94.1 Å². The smallest absolute Gasteiger partial charge is 0.333 e. The number of aliphatic hydroxyl groups excluding tert-OH is 1. The van der Waals surface area contributed by atoms with E-state index in [1.54, 1.807) is 0 Å². The van der Waals surface area contributed by atoms with Gasteiger partial charge in [-0.2, -0.15) is 0 Å². The average molecular weight is 221 g/mol. The van der Waals surface area contributed by atoms with Crippen molar-refractivity contribution >= 4 is 5.97 Å². The van der Waals surface area contributed by atoms with Gasteiger partial charge in [-0.15, -0.1) is 0 Å². The molecule has 1 aromatic carbocycles. The number of hydrogen-bond acceptors (Lipinski definition) is 3. The molecule has 86 valence electrons. The molecule has 1 aromatic rings. The zero-order chi connectivity index (χ0) is 11.5. The van der Waals surface area contributed by atoms with E-state index in [0.29, 0.717) is 5.92 Å². The summed E-state index contributed by atoms with van der Waals surface area (Å²) in [6.07, 6.45) is -1.27. The summed E-state index contributed by atoms with van der Waals surface area (Å²) in [5.41, 5.74) is 1.28. The van der Waals surface area contributed by atoms with Crippen molar-refractivity contribution in [2.45, 2.75) is 12.0 Å². The predicted octanol–water partition coefficient (Wildman–Crippen LogP) is 0.531. The lowest BCUT2D eigenvalue weighted by molar-refractivity contribution is -0.148. The summed E-state index contributed by atoms with van der Waals surface area (Å²) in [6.45, 7) is 1.88. The minimum absolute atomic E-state index is 0.221. The quantitative estimate of drug-likeness (QED) is 0.778. The fourth-order valence-electron chi connectivity index (χ4n) is 1.98. The third-order valence-corrected chi connectivity index (χ3v) is 2.94. The van der Waals surface area contributed by atoms with Crippen LogP contribution in [0.15, 0.2) is 30.3 Å². The molecule has 1 aliphatic heterocycles. The lowest BCUT2D eigenvalue weighted by Crippen LogP contribution is -2.49. The Hall–Kier alpha value is -1.39. The molecule has 16 heavy (non-hydrogen) atoms. The van der Waals surface area contributed by atoms with E-state index in [1.165, 1.54) is 5.56 Å². The van der Waals surface area contributed by atoms with Crippen LogP contribution in [0.1, 0.15) is 11.5 Å². The number of aliphatic carboxylic acids is 1. The van der Waals surface area contributed by atoms with E-state index in [2.05, 4.69) is 12.1 Å². The van der Waals surface area contributed by atoms with Crippen LogP contribution in [-0.4, -0.2) is 46.8 Å². The molecular weight excluding hydrogens is 206 g/mol. The van der Waals surface area contributed by atoms with E-state index in [4.69, 9.17) is 5.11 Å². The van der Waals surface area contributed by atoms with E-state index in [0.717, 1.165) is 13.1 Å². The highest BCUT2D eigenvalue weighted by molar-refractivity contribution is 5.72. The second-order valence-corrected chi connectivity index (χ2v) is 4.18. The van der Waals surface area contributed by atoms with Crippen LogP contribution in [0.3, 0.4) is 0 Å². The summed E-state index contributed by atoms with van der Waals surface area (Å²) >= 11 is 0. The van der Waals surface area contributed by atoms with Crippen LogP contribution in [0, 0.1) is 0 Å². The molecule has 0 amide bonds. The number of β-amino-alcohol motifs (C(OH)–C–C–N with tert-alkyl or cyclic N) is 1. The van der Waals surface area contributed by atoms with Crippen molar-refractivity contribution in [2.75, 3.05) is 19.6 Å². The number of nitrogens with zero attached hydrogens (tertiary/aromatic N) is 1. The summed E-state index contributed by atoms with van der Waals surface area (Å²) in [5.74, 6) is -0.676. The van der Waals surface area contributed by atoms with Crippen LogP contribution >= 0.6 is 0 Å². The van der Waals surface area contributed by atoms with Gasteiger partial charge in [-0.25, -0.2) is 4.79 Å². The minimum atomic E-state index is -1.27. The first-order chi connectivity index (χ1) is 7.66. The first-order valence-corrected chi connectivity index (χ1v) is 5.35. The zero-order valence-corrected chi connectivity index (χ0v) is 8.91. The summed E-state index contributed by atoms with van der Waals surface area (Å²) in [5, 5.41) is 17.7. The molecule has 4 heteroatoms. The molecule has 1 aliphatic rings. The normalized spacial score (nSPS) is 19.1. The lowest BCUT2D eigenvalue weighted by atomic mass is 9.91. The monoisotopic (exact) mass is 221 g/mol. The van der Waals surface area contributed by atoms with Gasteiger partial charge >= 0.3 is 5.97 Å². The van der Waals surface area contributed by atoms with Crippen molar-refractivity contribution in [2.24, 2.45) is 0 Å². The Balaban J connectivity index is 1.80. The maximum Gasteiger partial charge on any atom is 0.333 e. The maximum atomic E-state index is 10.4. The largest absolute Gasteiger partial charge is 0.479 e. The summed E-state index contributed by atoms with van der Waals surface area (Å²) < 4.78 is 0. The number of aliphatic hydroxyl groups is 1.